The summed E-state index contributed by atoms with van der Waals surface area (Å²) >= 11 is 0. The molecule has 0 aliphatic heterocycles. The summed E-state index contributed by atoms with van der Waals surface area (Å²) in [5, 5.41) is 17.1. The van der Waals surface area contributed by atoms with E-state index < -0.39 is 5.97 Å². The Balaban J connectivity index is 3.66. The summed E-state index contributed by atoms with van der Waals surface area (Å²) in [5.41, 5.74) is 0. The Morgan fingerprint density at radius 2 is 2.00 bits per heavy atom. The van der Waals surface area contributed by atoms with Crippen LogP contribution in [0.1, 0.15) is 26.2 Å². The molecule has 2 N–H and O–H groups in total. The molecular weight excluding hydrogens is 210 g/mol. The second-order valence-corrected chi connectivity index (χ2v) is 3.67. The van der Waals surface area contributed by atoms with Crippen LogP contribution in [0.3, 0.4) is 0 Å². The molecule has 5 heteroatoms. The molecule has 0 aliphatic carbocycles. The summed E-state index contributed by atoms with van der Waals surface area (Å²) in [4.78, 5) is 12.6. The quantitative estimate of drug-likeness (QED) is 0.511. The second kappa shape index (κ2) is 10.9. The van der Waals surface area contributed by atoms with E-state index in [1.165, 1.54) is 0 Å². The fourth-order valence-corrected chi connectivity index (χ4v) is 1.33. The van der Waals surface area contributed by atoms with Crippen LogP contribution in [0.15, 0.2) is 0 Å². The lowest BCUT2D eigenvalue weighted by molar-refractivity contribution is -0.137. The minimum atomic E-state index is -0.766. The number of carboxylic acid groups (broad SMARTS) is 1. The van der Waals surface area contributed by atoms with Gasteiger partial charge in [-0.25, -0.2) is 0 Å². The Bertz CT molecular complexity index is 175. The standard InChI is InChI=1S/C11H23NO4/c1-2-3-5-12(6-4-11(14)15)7-9-16-10-8-13/h13H,2-10H2,1H3,(H,14,15). The van der Waals surface area contributed by atoms with Gasteiger partial charge >= 0.3 is 5.97 Å². The number of hydrogen-bond donors (Lipinski definition) is 2. The molecule has 0 fully saturated rings. The van der Waals surface area contributed by atoms with Crippen LogP contribution in [0.5, 0.6) is 0 Å². The van der Waals surface area contributed by atoms with Crippen molar-refractivity contribution in [2.24, 2.45) is 0 Å². The van der Waals surface area contributed by atoms with Crippen LogP contribution in [0.2, 0.25) is 0 Å². The molecule has 16 heavy (non-hydrogen) atoms. The SMILES string of the molecule is CCCCN(CCOCCO)CCC(=O)O. The van der Waals surface area contributed by atoms with Crippen LogP contribution in [-0.4, -0.2) is 60.5 Å². The lowest BCUT2D eigenvalue weighted by Gasteiger charge is -2.20. The zero-order valence-corrected chi connectivity index (χ0v) is 10.0. The summed E-state index contributed by atoms with van der Waals surface area (Å²) in [7, 11) is 0. The first-order valence-corrected chi connectivity index (χ1v) is 5.83. The van der Waals surface area contributed by atoms with E-state index in [2.05, 4.69) is 11.8 Å². The van der Waals surface area contributed by atoms with Crippen molar-refractivity contribution < 1.29 is 19.7 Å². The molecule has 0 radical (unpaired) electrons. The van der Waals surface area contributed by atoms with Crippen LogP contribution in [-0.2, 0) is 9.53 Å². The second-order valence-electron chi connectivity index (χ2n) is 3.67. The molecule has 0 amide bonds. The van der Waals surface area contributed by atoms with Gasteiger partial charge in [0.25, 0.3) is 0 Å². The third-order valence-electron chi connectivity index (χ3n) is 2.26. The molecule has 0 aliphatic rings. The molecule has 0 rings (SSSR count). The molecule has 0 aromatic rings. The van der Waals surface area contributed by atoms with E-state index in [1.807, 2.05) is 0 Å². The van der Waals surface area contributed by atoms with E-state index in [0.717, 1.165) is 25.9 Å². The van der Waals surface area contributed by atoms with Gasteiger partial charge < -0.3 is 19.8 Å². The zero-order valence-electron chi connectivity index (χ0n) is 10.0. The molecule has 0 bridgehead atoms. The van der Waals surface area contributed by atoms with Crippen molar-refractivity contribution in [1.29, 1.82) is 0 Å². The molecule has 5 nitrogen and oxygen atoms in total. The number of aliphatic carboxylic acids is 1. The fraction of sp³-hybridized carbons (Fsp3) is 0.909. The Labute approximate surface area is 97.0 Å². The number of aliphatic hydroxyl groups excluding tert-OH is 1. The van der Waals surface area contributed by atoms with Gasteiger partial charge in [0, 0.05) is 13.1 Å². The van der Waals surface area contributed by atoms with Crippen molar-refractivity contribution in [3.63, 3.8) is 0 Å². The van der Waals surface area contributed by atoms with E-state index >= 15 is 0 Å². The van der Waals surface area contributed by atoms with E-state index in [1.54, 1.807) is 0 Å². The lowest BCUT2D eigenvalue weighted by Crippen LogP contribution is -2.31. The summed E-state index contributed by atoms with van der Waals surface area (Å²) < 4.78 is 5.16. The first-order chi connectivity index (χ1) is 7.70. The van der Waals surface area contributed by atoms with E-state index in [9.17, 15) is 4.79 Å². The van der Waals surface area contributed by atoms with Gasteiger partial charge in [-0.3, -0.25) is 4.79 Å². The summed E-state index contributed by atoms with van der Waals surface area (Å²) in [5.74, 6) is -0.766. The topological polar surface area (TPSA) is 70.0 Å². The van der Waals surface area contributed by atoms with Gasteiger partial charge in [-0.2, -0.15) is 0 Å². The molecule has 0 atom stereocenters. The normalized spacial score (nSPS) is 10.9. The number of carboxylic acids is 1. The predicted molar refractivity (Wildman–Crippen MR) is 61.5 cm³/mol. The maximum atomic E-state index is 10.5. The number of carbonyl (C=O) groups is 1. The Morgan fingerprint density at radius 3 is 2.56 bits per heavy atom. The zero-order chi connectivity index (χ0) is 12.2. The van der Waals surface area contributed by atoms with Crippen LogP contribution in [0, 0.1) is 0 Å². The Kier molecular flexibility index (Phi) is 10.4. The number of hydrogen-bond acceptors (Lipinski definition) is 4. The molecule has 0 saturated carbocycles. The monoisotopic (exact) mass is 233 g/mol. The molecule has 0 heterocycles. The van der Waals surface area contributed by atoms with Gasteiger partial charge in [0.05, 0.1) is 26.2 Å². The number of nitrogens with zero attached hydrogens (tertiary/aromatic N) is 1. The van der Waals surface area contributed by atoms with Crippen molar-refractivity contribution in [3.8, 4) is 0 Å². The maximum absolute atomic E-state index is 10.5. The highest BCUT2D eigenvalue weighted by atomic mass is 16.5. The number of aliphatic hydroxyl groups is 1. The van der Waals surface area contributed by atoms with Crippen molar-refractivity contribution in [2.45, 2.75) is 26.2 Å². The van der Waals surface area contributed by atoms with Crippen LogP contribution in [0.4, 0.5) is 0 Å². The summed E-state index contributed by atoms with van der Waals surface area (Å²) in [6.45, 7) is 5.24. The van der Waals surface area contributed by atoms with Gasteiger partial charge in [0.2, 0.25) is 0 Å². The Morgan fingerprint density at radius 1 is 1.25 bits per heavy atom. The fourth-order valence-electron chi connectivity index (χ4n) is 1.33. The van der Waals surface area contributed by atoms with E-state index in [4.69, 9.17) is 14.9 Å². The van der Waals surface area contributed by atoms with Gasteiger partial charge in [0.15, 0.2) is 0 Å². The molecular formula is C11H23NO4. The van der Waals surface area contributed by atoms with Crippen molar-refractivity contribution in [2.75, 3.05) is 39.5 Å². The van der Waals surface area contributed by atoms with Gasteiger partial charge in [-0.05, 0) is 13.0 Å². The molecule has 96 valence electrons. The van der Waals surface area contributed by atoms with Crippen molar-refractivity contribution >= 4 is 5.97 Å². The highest BCUT2D eigenvalue weighted by molar-refractivity contribution is 5.66. The van der Waals surface area contributed by atoms with Gasteiger partial charge in [-0.1, -0.05) is 13.3 Å². The van der Waals surface area contributed by atoms with Crippen LogP contribution in [0.25, 0.3) is 0 Å². The number of ether oxygens (including phenoxy) is 1. The lowest BCUT2D eigenvalue weighted by atomic mass is 10.3. The van der Waals surface area contributed by atoms with Crippen LogP contribution < -0.4 is 0 Å². The maximum Gasteiger partial charge on any atom is 0.304 e. The minimum absolute atomic E-state index is 0.0318. The van der Waals surface area contributed by atoms with Crippen molar-refractivity contribution in [3.05, 3.63) is 0 Å². The molecule has 0 aromatic heterocycles. The third-order valence-corrected chi connectivity index (χ3v) is 2.26. The summed E-state index contributed by atoms with van der Waals surface area (Å²) in [6, 6.07) is 0. The average Bonchev–Trinajstić information content (AvgIpc) is 2.26. The first kappa shape index (κ1) is 15.3. The van der Waals surface area contributed by atoms with Crippen LogP contribution >= 0.6 is 0 Å². The first-order valence-electron chi connectivity index (χ1n) is 5.83. The number of rotatable bonds is 11. The smallest absolute Gasteiger partial charge is 0.304 e. The average molecular weight is 233 g/mol. The predicted octanol–water partition coefficient (Wildman–Crippen LogP) is 0.572. The Hall–Kier alpha value is -0.650. The minimum Gasteiger partial charge on any atom is -0.481 e. The summed E-state index contributed by atoms with van der Waals surface area (Å²) in [6.07, 6.45) is 2.34. The van der Waals surface area contributed by atoms with E-state index in [-0.39, 0.29) is 13.0 Å². The largest absolute Gasteiger partial charge is 0.481 e. The van der Waals surface area contributed by atoms with Gasteiger partial charge in [0.1, 0.15) is 0 Å². The number of unbranched alkanes of at least 4 members (excludes halogenated alkanes) is 1. The molecule has 0 aromatic carbocycles. The molecule has 0 saturated heterocycles. The highest BCUT2D eigenvalue weighted by Crippen LogP contribution is 1.97. The van der Waals surface area contributed by atoms with Crippen molar-refractivity contribution in [1.82, 2.24) is 4.90 Å². The third kappa shape index (κ3) is 9.89. The van der Waals surface area contributed by atoms with E-state index in [0.29, 0.717) is 19.8 Å². The molecule has 0 spiro atoms. The van der Waals surface area contributed by atoms with Gasteiger partial charge in [-0.15, -0.1) is 0 Å². The molecule has 0 unspecified atom stereocenters. The highest BCUT2D eigenvalue weighted by Gasteiger charge is 2.06.